The van der Waals surface area contributed by atoms with Crippen LogP contribution in [0, 0.1) is 0 Å². The first kappa shape index (κ1) is 12.3. The average Bonchev–Trinajstić information content (AvgIpc) is 2.14. The van der Waals surface area contributed by atoms with E-state index in [4.69, 9.17) is 4.74 Å². The number of ether oxygens (including phenoxy) is 1. The third-order valence-electron chi connectivity index (χ3n) is 2.06. The number of rotatable bonds is 7. The summed E-state index contributed by atoms with van der Waals surface area (Å²) >= 11 is 0. The van der Waals surface area contributed by atoms with E-state index < -0.39 is 0 Å². The van der Waals surface area contributed by atoms with Crippen LogP contribution in [0.3, 0.4) is 0 Å². The molecule has 0 aliphatic heterocycles. The summed E-state index contributed by atoms with van der Waals surface area (Å²) in [6.45, 7) is 11.1. The van der Waals surface area contributed by atoms with E-state index in [-0.39, 0.29) is 0 Å². The fraction of sp³-hybridized carbons (Fsp3) is 0.667. The smallest absolute Gasteiger partial charge is 0.112 e. The first-order chi connectivity index (χ1) is 6.24. The SMILES string of the molecule is C=C(C=C(CC)CC)OCCCC. The zero-order valence-corrected chi connectivity index (χ0v) is 9.23. The van der Waals surface area contributed by atoms with Gasteiger partial charge in [0.25, 0.3) is 0 Å². The van der Waals surface area contributed by atoms with Crippen molar-refractivity contribution in [2.24, 2.45) is 0 Å². The Morgan fingerprint density at radius 3 is 2.31 bits per heavy atom. The van der Waals surface area contributed by atoms with E-state index in [1.54, 1.807) is 0 Å². The molecule has 0 unspecified atom stereocenters. The highest BCUT2D eigenvalue weighted by Crippen LogP contribution is 2.10. The predicted octanol–water partition coefficient (Wildman–Crippen LogP) is 4.06. The van der Waals surface area contributed by atoms with E-state index in [0.717, 1.165) is 31.6 Å². The van der Waals surface area contributed by atoms with Crippen molar-refractivity contribution in [2.45, 2.75) is 46.5 Å². The summed E-state index contributed by atoms with van der Waals surface area (Å²) in [6.07, 6.45) is 6.53. The zero-order chi connectivity index (χ0) is 10.1. The van der Waals surface area contributed by atoms with Gasteiger partial charge in [-0.1, -0.05) is 39.3 Å². The Labute approximate surface area is 82.5 Å². The Morgan fingerprint density at radius 1 is 1.23 bits per heavy atom. The van der Waals surface area contributed by atoms with Crippen LogP contribution in [-0.4, -0.2) is 6.61 Å². The predicted molar refractivity (Wildman–Crippen MR) is 58.7 cm³/mol. The van der Waals surface area contributed by atoms with Gasteiger partial charge in [0.2, 0.25) is 0 Å². The second-order valence-corrected chi connectivity index (χ2v) is 3.18. The van der Waals surface area contributed by atoms with Gasteiger partial charge >= 0.3 is 0 Å². The van der Waals surface area contributed by atoms with Gasteiger partial charge in [-0.05, 0) is 25.3 Å². The van der Waals surface area contributed by atoms with Crippen molar-refractivity contribution in [1.29, 1.82) is 0 Å². The molecular weight excluding hydrogens is 160 g/mol. The molecule has 1 heteroatoms. The van der Waals surface area contributed by atoms with Gasteiger partial charge in [0.05, 0.1) is 6.61 Å². The van der Waals surface area contributed by atoms with Crippen LogP contribution in [0.2, 0.25) is 0 Å². The van der Waals surface area contributed by atoms with Gasteiger partial charge in [-0.3, -0.25) is 0 Å². The molecule has 0 aliphatic carbocycles. The zero-order valence-electron chi connectivity index (χ0n) is 9.23. The lowest BCUT2D eigenvalue weighted by molar-refractivity contribution is 0.220. The minimum atomic E-state index is 0.798. The van der Waals surface area contributed by atoms with Crippen molar-refractivity contribution in [3.8, 4) is 0 Å². The van der Waals surface area contributed by atoms with E-state index in [1.165, 1.54) is 12.0 Å². The second kappa shape index (κ2) is 7.90. The highest BCUT2D eigenvalue weighted by molar-refractivity contribution is 5.15. The number of hydrogen-bond acceptors (Lipinski definition) is 1. The molecule has 0 saturated heterocycles. The van der Waals surface area contributed by atoms with Gasteiger partial charge in [0.15, 0.2) is 0 Å². The normalized spacial score (nSPS) is 9.46. The van der Waals surface area contributed by atoms with Crippen LogP contribution in [0.4, 0.5) is 0 Å². The third-order valence-corrected chi connectivity index (χ3v) is 2.06. The summed E-state index contributed by atoms with van der Waals surface area (Å²) in [5, 5.41) is 0. The van der Waals surface area contributed by atoms with Crippen LogP contribution in [0.1, 0.15) is 46.5 Å². The maximum atomic E-state index is 5.45. The van der Waals surface area contributed by atoms with Crippen molar-refractivity contribution in [1.82, 2.24) is 0 Å². The van der Waals surface area contributed by atoms with Gasteiger partial charge in [-0.2, -0.15) is 0 Å². The lowest BCUT2D eigenvalue weighted by Gasteiger charge is -2.06. The maximum Gasteiger partial charge on any atom is 0.112 e. The molecule has 76 valence electrons. The van der Waals surface area contributed by atoms with Gasteiger partial charge in [-0.25, -0.2) is 0 Å². The van der Waals surface area contributed by atoms with Crippen LogP contribution in [0.5, 0.6) is 0 Å². The molecule has 1 nitrogen and oxygen atoms in total. The molecule has 0 heterocycles. The van der Waals surface area contributed by atoms with Crippen LogP contribution in [0.25, 0.3) is 0 Å². The summed E-state index contributed by atoms with van der Waals surface area (Å²) in [7, 11) is 0. The van der Waals surface area contributed by atoms with Crippen LogP contribution in [-0.2, 0) is 4.74 Å². The first-order valence-electron chi connectivity index (χ1n) is 5.25. The summed E-state index contributed by atoms with van der Waals surface area (Å²) in [4.78, 5) is 0. The fourth-order valence-electron chi connectivity index (χ4n) is 1.07. The average molecular weight is 182 g/mol. The molecule has 0 atom stereocenters. The molecule has 0 aliphatic rings. The Hall–Kier alpha value is -0.720. The van der Waals surface area contributed by atoms with Gasteiger partial charge in [0, 0.05) is 0 Å². The van der Waals surface area contributed by atoms with Crippen molar-refractivity contribution in [3.05, 3.63) is 24.0 Å². The molecule has 0 rings (SSSR count). The molecule has 0 aromatic heterocycles. The molecule has 0 aromatic carbocycles. The van der Waals surface area contributed by atoms with Crippen molar-refractivity contribution in [2.75, 3.05) is 6.61 Å². The first-order valence-corrected chi connectivity index (χ1v) is 5.25. The van der Waals surface area contributed by atoms with Crippen molar-refractivity contribution in [3.63, 3.8) is 0 Å². The van der Waals surface area contributed by atoms with E-state index in [1.807, 2.05) is 0 Å². The molecule has 13 heavy (non-hydrogen) atoms. The Kier molecular flexibility index (Phi) is 7.47. The van der Waals surface area contributed by atoms with E-state index in [9.17, 15) is 0 Å². The number of unbranched alkanes of at least 4 members (excludes halogenated alkanes) is 1. The molecule has 0 amide bonds. The Morgan fingerprint density at radius 2 is 1.85 bits per heavy atom. The maximum absolute atomic E-state index is 5.45. The Balaban J connectivity index is 3.76. The second-order valence-electron chi connectivity index (χ2n) is 3.18. The molecular formula is C12H22O. The van der Waals surface area contributed by atoms with E-state index in [0.29, 0.717) is 0 Å². The molecule has 0 bridgehead atoms. The minimum absolute atomic E-state index is 0.798. The molecule has 0 aromatic rings. The van der Waals surface area contributed by atoms with Crippen molar-refractivity contribution < 1.29 is 4.74 Å². The van der Waals surface area contributed by atoms with Gasteiger partial charge in [-0.15, -0.1) is 0 Å². The van der Waals surface area contributed by atoms with Gasteiger partial charge < -0.3 is 4.74 Å². The third kappa shape index (κ3) is 6.44. The highest BCUT2D eigenvalue weighted by Gasteiger charge is 1.93. The number of allylic oxidation sites excluding steroid dienone is 2. The topological polar surface area (TPSA) is 9.23 Å². The molecule has 0 saturated carbocycles. The largest absolute Gasteiger partial charge is 0.494 e. The monoisotopic (exact) mass is 182 g/mol. The summed E-state index contributed by atoms with van der Waals surface area (Å²) in [6, 6.07) is 0. The van der Waals surface area contributed by atoms with Crippen LogP contribution >= 0.6 is 0 Å². The summed E-state index contributed by atoms with van der Waals surface area (Å²) in [5.41, 5.74) is 1.40. The molecule has 0 radical (unpaired) electrons. The standard InChI is InChI=1S/C12H22O/c1-5-8-9-13-11(4)10-12(6-2)7-3/h10H,4-9H2,1-3H3. The van der Waals surface area contributed by atoms with Gasteiger partial charge in [0.1, 0.15) is 5.76 Å². The molecule has 0 spiro atoms. The number of hydrogen-bond donors (Lipinski definition) is 0. The van der Waals surface area contributed by atoms with E-state index >= 15 is 0 Å². The van der Waals surface area contributed by atoms with Crippen LogP contribution in [0.15, 0.2) is 24.0 Å². The molecule has 0 fully saturated rings. The fourth-order valence-corrected chi connectivity index (χ4v) is 1.07. The van der Waals surface area contributed by atoms with E-state index in [2.05, 4.69) is 33.4 Å². The lowest BCUT2D eigenvalue weighted by Crippen LogP contribution is -1.92. The summed E-state index contributed by atoms with van der Waals surface area (Å²) < 4.78 is 5.45. The quantitative estimate of drug-likeness (QED) is 0.328. The Bertz CT molecular complexity index is 162. The lowest BCUT2D eigenvalue weighted by atomic mass is 10.1. The summed E-state index contributed by atoms with van der Waals surface area (Å²) in [5.74, 6) is 0.812. The molecule has 0 N–H and O–H groups in total. The van der Waals surface area contributed by atoms with Crippen molar-refractivity contribution >= 4 is 0 Å². The van der Waals surface area contributed by atoms with Crippen LogP contribution < -0.4 is 0 Å². The highest BCUT2D eigenvalue weighted by atomic mass is 16.5. The minimum Gasteiger partial charge on any atom is -0.494 e.